The number of aliphatic hydroxyl groups is 1. The van der Waals surface area contributed by atoms with Gasteiger partial charge in [-0.1, -0.05) is 48.0 Å². The maximum Gasteiger partial charge on any atom is 0.106 e. The zero-order valence-electron chi connectivity index (χ0n) is 14.0. The lowest BCUT2D eigenvalue weighted by Gasteiger charge is -2.14. The standard InChI is InChI=1S/C21H20ClNO2/c1-2-25-21(14-24)17-5-3-4-15(12-17)6-10-19-11-8-16-7-9-18(22)13-20(16)23-19/h3-13,21,24H,2,14H2,1H3/b10-6+/t21-/m0/s1. The van der Waals surface area contributed by atoms with Crippen molar-refractivity contribution in [3.05, 3.63) is 76.4 Å². The Hall–Kier alpha value is -2.20. The van der Waals surface area contributed by atoms with Gasteiger partial charge in [-0.25, -0.2) is 4.98 Å². The fourth-order valence-corrected chi connectivity index (χ4v) is 2.87. The average molecular weight is 354 g/mol. The number of benzene rings is 2. The highest BCUT2D eigenvalue weighted by Gasteiger charge is 2.09. The van der Waals surface area contributed by atoms with Gasteiger partial charge in [0.1, 0.15) is 6.10 Å². The molecule has 0 aliphatic carbocycles. The molecule has 3 nitrogen and oxygen atoms in total. The summed E-state index contributed by atoms with van der Waals surface area (Å²) in [5, 5.41) is 11.2. The van der Waals surface area contributed by atoms with Crippen LogP contribution in [-0.2, 0) is 4.74 Å². The van der Waals surface area contributed by atoms with Crippen LogP contribution in [-0.4, -0.2) is 23.3 Å². The highest BCUT2D eigenvalue weighted by atomic mass is 35.5. The third-order valence-corrected chi connectivity index (χ3v) is 4.17. The van der Waals surface area contributed by atoms with Crippen molar-refractivity contribution in [2.45, 2.75) is 13.0 Å². The van der Waals surface area contributed by atoms with E-state index < -0.39 is 0 Å². The van der Waals surface area contributed by atoms with E-state index in [0.717, 1.165) is 27.7 Å². The van der Waals surface area contributed by atoms with Gasteiger partial charge in [-0.15, -0.1) is 0 Å². The third kappa shape index (κ3) is 4.45. The molecule has 1 aromatic heterocycles. The van der Waals surface area contributed by atoms with Gasteiger partial charge in [-0.2, -0.15) is 0 Å². The first-order valence-electron chi connectivity index (χ1n) is 8.26. The number of aliphatic hydroxyl groups excluding tert-OH is 1. The molecule has 0 amide bonds. The molecule has 1 atom stereocenters. The minimum absolute atomic E-state index is 0.0337. The Balaban J connectivity index is 1.84. The third-order valence-electron chi connectivity index (χ3n) is 3.94. The van der Waals surface area contributed by atoms with Crippen LogP contribution < -0.4 is 0 Å². The van der Waals surface area contributed by atoms with E-state index in [9.17, 15) is 5.11 Å². The van der Waals surface area contributed by atoms with Gasteiger partial charge in [0.25, 0.3) is 0 Å². The highest BCUT2D eigenvalue weighted by Crippen LogP contribution is 2.21. The molecule has 0 bridgehead atoms. The van der Waals surface area contributed by atoms with Crippen LogP contribution >= 0.6 is 11.6 Å². The van der Waals surface area contributed by atoms with Crippen LogP contribution in [0, 0.1) is 0 Å². The second kappa shape index (κ2) is 8.26. The fraction of sp³-hybridized carbons (Fsp3) is 0.190. The van der Waals surface area contributed by atoms with Crippen LogP contribution in [0.25, 0.3) is 23.1 Å². The summed E-state index contributed by atoms with van der Waals surface area (Å²) in [6.07, 6.45) is 3.68. The van der Waals surface area contributed by atoms with Crippen molar-refractivity contribution in [1.82, 2.24) is 4.98 Å². The van der Waals surface area contributed by atoms with E-state index in [0.29, 0.717) is 11.6 Å². The zero-order valence-corrected chi connectivity index (χ0v) is 14.8. The normalized spacial score (nSPS) is 12.8. The van der Waals surface area contributed by atoms with Crippen LogP contribution in [0.4, 0.5) is 0 Å². The van der Waals surface area contributed by atoms with Gasteiger partial charge in [-0.05, 0) is 48.4 Å². The van der Waals surface area contributed by atoms with Crippen molar-refractivity contribution < 1.29 is 9.84 Å². The summed E-state index contributed by atoms with van der Waals surface area (Å²) in [4.78, 5) is 4.62. The number of rotatable bonds is 6. The Kier molecular flexibility index (Phi) is 5.82. The summed E-state index contributed by atoms with van der Waals surface area (Å²) >= 11 is 6.04. The maximum atomic E-state index is 9.47. The van der Waals surface area contributed by atoms with Gasteiger partial charge in [0.2, 0.25) is 0 Å². The predicted octanol–water partition coefficient (Wildman–Crippen LogP) is 5.13. The molecule has 0 aliphatic heterocycles. The molecule has 0 fully saturated rings. The molecular formula is C21H20ClNO2. The van der Waals surface area contributed by atoms with Crippen molar-refractivity contribution in [2.75, 3.05) is 13.2 Å². The average Bonchev–Trinajstić information content (AvgIpc) is 2.64. The van der Waals surface area contributed by atoms with Crippen LogP contribution in [0.2, 0.25) is 5.02 Å². The minimum atomic E-state index is -0.292. The summed E-state index contributed by atoms with van der Waals surface area (Å²) in [6.45, 7) is 2.45. The molecule has 128 valence electrons. The van der Waals surface area contributed by atoms with Crippen molar-refractivity contribution in [2.24, 2.45) is 0 Å². The molecule has 0 unspecified atom stereocenters. The summed E-state index contributed by atoms with van der Waals surface area (Å²) < 4.78 is 5.56. The Morgan fingerprint density at radius 2 is 1.96 bits per heavy atom. The lowest BCUT2D eigenvalue weighted by Crippen LogP contribution is -2.08. The first-order chi connectivity index (χ1) is 12.2. The summed E-state index contributed by atoms with van der Waals surface area (Å²) in [7, 11) is 0. The van der Waals surface area contributed by atoms with E-state index in [2.05, 4.69) is 4.98 Å². The van der Waals surface area contributed by atoms with Crippen LogP contribution in [0.15, 0.2) is 54.6 Å². The van der Waals surface area contributed by atoms with E-state index >= 15 is 0 Å². The molecular weight excluding hydrogens is 334 g/mol. The van der Waals surface area contributed by atoms with Gasteiger partial charge in [-0.3, -0.25) is 0 Å². The van der Waals surface area contributed by atoms with Crippen molar-refractivity contribution in [1.29, 1.82) is 0 Å². The molecule has 0 spiro atoms. The topological polar surface area (TPSA) is 42.4 Å². The quantitative estimate of drug-likeness (QED) is 0.668. The molecule has 2 aromatic carbocycles. The fourth-order valence-electron chi connectivity index (χ4n) is 2.70. The molecule has 0 saturated heterocycles. The molecule has 0 aliphatic rings. The Labute approximate surface area is 152 Å². The summed E-state index contributed by atoms with van der Waals surface area (Å²) in [6, 6.07) is 17.7. The van der Waals surface area contributed by atoms with E-state index in [4.69, 9.17) is 16.3 Å². The smallest absolute Gasteiger partial charge is 0.106 e. The lowest BCUT2D eigenvalue weighted by atomic mass is 10.1. The van der Waals surface area contributed by atoms with Crippen LogP contribution in [0.1, 0.15) is 29.8 Å². The van der Waals surface area contributed by atoms with Gasteiger partial charge in [0, 0.05) is 17.0 Å². The van der Waals surface area contributed by atoms with Crippen molar-refractivity contribution in [3.63, 3.8) is 0 Å². The second-order valence-corrected chi connectivity index (χ2v) is 6.14. The first-order valence-corrected chi connectivity index (χ1v) is 8.64. The monoisotopic (exact) mass is 353 g/mol. The number of nitrogens with zero attached hydrogens (tertiary/aromatic N) is 1. The highest BCUT2D eigenvalue weighted by molar-refractivity contribution is 6.31. The maximum absolute atomic E-state index is 9.47. The van der Waals surface area contributed by atoms with E-state index in [1.807, 2.05) is 73.7 Å². The lowest BCUT2D eigenvalue weighted by molar-refractivity contribution is 0.0189. The van der Waals surface area contributed by atoms with Gasteiger partial charge in [0.15, 0.2) is 0 Å². The molecule has 1 N–H and O–H groups in total. The number of hydrogen-bond donors (Lipinski definition) is 1. The molecule has 0 saturated carbocycles. The first kappa shape index (κ1) is 17.6. The van der Waals surface area contributed by atoms with Crippen LogP contribution in [0.3, 0.4) is 0 Å². The molecule has 4 heteroatoms. The van der Waals surface area contributed by atoms with E-state index in [1.165, 1.54) is 0 Å². The molecule has 3 aromatic rings. The Morgan fingerprint density at radius 3 is 2.76 bits per heavy atom. The molecule has 25 heavy (non-hydrogen) atoms. The number of halogens is 1. The second-order valence-electron chi connectivity index (χ2n) is 5.70. The molecule has 1 heterocycles. The summed E-state index contributed by atoms with van der Waals surface area (Å²) in [5.74, 6) is 0. The van der Waals surface area contributed by atoms with Gasteiger partial charge < -0.3 is 9.84 Å². The largest absolute Gasteiger partial charge is 0.393 e. The minimum Gasteiger partial charge on any atom is -0.393 e. The number of ether oxygens (including phenoxy) is 1. The van der Waals surface area contributed by atoms with Crippen molar-refractivity contribution in [3.8, 4) is 0 Å². The van der Waals surface area contributed by atoms with Gasteiger partial charge >= 0.3 is 0 Å². The van der Waals surface area contributed by atoms with Crippen LogP contribution in [0.5, 0.6) is 0 Å². The Bertz CT molecular complexity index is 892. The Morgan fingerprint density at radius 1 is 1.12 bits per heavy atom. The number of pyridine rings is 1. The van der Waals surface area contributed by atoms with E-state index in [1.54, 1.807) is 0 Å². The number of hydrogen-bond acceptors (Lipinski definition) is 3. The summed E-state index contributed by atoms with van der Waals surface area (Å²) in [5.41, 5.74) is 3.73. The molecule has 3 rings (SSSR count). The predicted molar refractivity (Wildman–Crippen MR) is 104 cm³/mol. The zero-order chi connectivity index (χ0) is 17.6. The number of aromatic nitrogens is 1. The van der Waals surface area contributed by atoms with Gasteiger partial charge in [0.05, 0.1) is 17.8 Å². The number of fused-ring (bicyclic) bond motifs is 1. The SMILES string of the molecule is CCO[C@@H](CO)c1cccc(/C=C/c2ccc3ccc(Cl)cc3n2)c1. The van der Waals surface area contributed by atoms with Crippen molar-refractivity contribution >= 4 is 34.7 Å². The molecule has 0 radical (unpaired) electrons. The van der Waals surface area contributed by atoms with E-state index in [-0.39, 0.29) is 12.7 Å².